The van der Waals surface area contributed by atoms with Gasteiger partial charge < -0.3 is 10.1 Å². The highest BCUT2D eigenvalue weighted by Gasteiger charge is 2.18. The molecule has 0 aliphatic heterocycles. The third-order valence-electron chi connectivity index (χ3n) is 4.96. The van der Waals surface area contributed by atoms with E-state index in [0.717, 1.165) is 22.4 Å². The molecule has 0 bridgehead atoms. The van der Waals surface area contributed by atoms with Crippen molar-refractivity contribution in [1.29, 1.82) is 0 Å². The van der Waals surface area contributed by atoms with E-state index in [2.05, 4.69) is 11.4 Å². The molecule has 164 valence electrons. The van der Waals surface area contributed by atoms with Crippen LogP contribution in [0.5, 0.6) is 5.75 Å². The van der Waals surface area contributed by atoms with Crippen molar-refractivity contribution in [2.75, 3.05) is 30.3 Å². The van der Waals surface area contributed by atoms with E-state index in [0.29, 0.717) is 25.3 Å². The van der Waals surface area contributed by atoms with Crippen LogP contribution in [0.25, 0.3) is 0 Å². The van der Waals surface area contributed by atoms with Crippen LogP contribution in [0.3, 0.4) is 0 Å². The number of nitrogens with zero attached hydrogens (tertiary/aromatic N) is 1. The molecule has 7 heteroatoms. The molecule has 0 heterocycles. The second kappa shape index (κ2) is 10.5. The lowest BCUT2D eigenvalue weighted by molar-refractivity contribution is -0.121. The Morgan fingerprint density at radius 1 is 1.00 bits per heavy atom. The number of nitrogens with one attached hydrogen (secondary N) is 1. The van der Waals surface area contributed by atoms with Crippen LogP contribution in [0.4, 0.5) is 5.69 Å². The lowest BCUT2D eigenvalue weighted by Gasteiger charge is -2.23. The standard InChI is InChI=1S/C23H32N2O4S/c1-17-8-11-22(20(4)15-17)29-14-12-24-23(26)7-6-13-25(30(5,27)28)21-10-9-18(2)19(3)16-21/h8-11,15-16H,6-7,12-14H2,1-5H3,(H,24,26). The Bertz CT molecular complexity index is 987. The first-order valence-corrected chi connectivity index (χ1v) is 11.9. The third-order valence-corrected chi connectivity index (χ3v) is 6.15. The molecule has 0 aliphatic carbocycles. The van der Waals surface area contributed by atoms with E-state index in [9.17, 15) is 13.2 Å². The average Bonchev–Trinajstić information content (AvgIpc) is 2.65. The number of ether oxygens (including phenoxy) is 1. The summed E-state index contributed by atoms with van der Waals surface area (Å²) in [7, 11) is -3.42. The highest BCUT2D eigenvalue weighted by molar-refractivity contribution is 7.92. The molecule has 1 N–H and O–H groups in total. The van der Waals surface area contributed by atoms with Gasteiger partial charge in [0.25, 0.3) is 0 Å². The molecule has 0 saturated carbocycles. The van der Waals surface area contributed by atoms with Gasteiger partial charge in [-0.2, -0.15) is 0 Å². The zero-order chi connectivity index (χ0) is 22.3. The van der Waals surface area contributed by atoms with Crippen molar-refractivity contribution in [2.45, 2.75) is 40.5 Å². The minimum absolute atomic E-state index is 0.118. The van der Waals surface area contributed by atoms with Crippen LogP contribution in [0, 0.1) is 27.7 Å². The quantitative estimate of drug-likeness (QED) is 0.582. The minimum atomic E-state index is -3.42. The van der Waals surface area contributed by atoms with Crippen LogP contribution >= 0.6 is 0 Å². The Kier molecular flexibility index (Phi) is 8.29. The number of carbonyl (C=O) groups is 1. The average molecular weight is 433 g/mol. The molecular formula is C23H32N2O4S. The lowest BCUT2D eigenvalue weighted by atomic mass is 10.1. The van der Waals surface area contributed by atoms with Gasteiger partial charge >= 0.3 is 0 Å². The van der Waals surface area contributed by atoms with Crippen LogP contribution < -0.4 is 14.4 Å². The van der Waals surface area contributed by atoms with Crippen LogP contribution in [-0.2, 0) is 14.8 Å². The maximum absolute atomic E-state index is 12.2. The summed E-state index contributed by atoms with van der Waals surface area (Å²) in [5.74, 6) is 0.694. The zero-order valence-corrected chi connectivity index (χ0v) is 19.3. The van der Waals surface area contributed by atoms with E-state index >= 15 is 0 Å². The summed E-state index contributed by atoms with van der Waals surface area (Å²) in [5, 5.41) is 2.82. The molecule has 30 heavy (non-hydrogen) atoms. The third kappa shape index (κ3) is 7.06. The first-order chi connectivity index (χ1) is 14.1. The van der Waals surface area contributed by atoms with Crippen LogP contribution in [-0.4, -0.2) is 40.3 Å². The molecule has 2 aromatic rings. The van der Waals surface area contributed by atoms with Crippen LogP contribution in [0.1, 0.15) is 35.1 Å². The monoisotopic (exact) mass is 432 g/mol. The number of rotatable bonds is 10. The zero-order valence-electron chi connectivity index (χ0n) is 18.5. The maximum Gasteiger partial charge on any atom is 0.232 e. The summed E-state index contributed by atoms with van der Waals surface area (Å²) in [6.07, 6.45) is 1.87. The smallest absolute Gasteiger partial charge is 0.232 e. The van der Waals surface area contributed by atoms with Crippen LogP contribution in [0.15, 0.2) is 36.4 Å². The van der Waals surface area contributed by atoms with E-state index in [4.69, 9.17) is 4.74 Å². The molecule has 0 fully saturated rings. The first kappa shape index (κ1) is 23.7. The van der Waals surface area contributed by atoms with Gasteiger partial charge in [0.2, 0.25) is 15.9 Å². The van der Waals surface area contributed by atoms with Crippen molar-refractivity contribution in [3.05, 3.63) is 58.7 Å². The molecule has 2 rings (SSSR count). The fourth-order valence-electron chi connectivity index (χ4n) is 3.15. The van der Waals surface area contributed by atoms with Crippen molar-refractivity contribution < 1.29 is 17.9 Å². The van der Waals surface area contributed by atoms with Gasteiger partial charge in [0.15, 0.2) is 0 Å². The van der Waals surface area contributed by atoms with Crippen molar-refractivity contribution >= 4 is 21.6 Å². The minimum Gasteiger partial charge on any atom is -0.491 e. The Labute approximate surface area is 180 Å². The molecular weight excluding hydrogens is 400 g/mol. The van der Waals surface area contributed by atoms with Gasteiger partial charge in [-0.15, -0.1) is 0 Å². The van der Waals surface area contributed by atoms with Gasteiger partial charge in [0, 0.05) is 13.0 Å². The molecule has 0 aliphatic rings. The summed E-state index contributed by atoms with van der Waals surface area (Å²) in [6, 6.07) is 11.5. The lowest BCUT2D eigenvalue weighted by Crippen LogP contribution is -2.33. The van der Waals surface area contributed by atoms with Crippen molar-refractivity contribution in [3.8, 4) is 5.75 Å². The second-order valence-electron chi connectivity index (χ2n) is 7.67. The molecule has 6 nitrogen and oxygen atoms in total. The topological polar surface area (TPSA) is 75.7 Å². The van der Waals surface area contributed by atoms with E-state index in [1.165, 1.54) is 16.1 Å². The van der Waals surface area contributed by atoms with E-state index in [1.54, 1.807) is 6.07 Å². The summed E-state index contributed by atoms with van der Waals surface area (Å²) in [5.41, 5.74) is 5.01. The predicted molar refractivity (Wildman–Crippen MR) is 122 cm³/mol. The fraction of sp³-hybridized carbons (Fsp3) is 0.435. The number of benzene rings is 2. The summed E-state index contributed by atoms with van der Waals surface area (Å²) >= 11 is 0. The van der Waals surface area contributed by atoms with Gasteiger partial charge in [-0.1, -0.05) is 23.8 Å². The number of hydrogen-bond acceptors (Lipinski definition) is 4. The second-order valence-corrected chi connectivity index (χ2v) is 9.58. The molecule has 0 aromatic heterocycles. The number of hydrogen-bond donors (Lipinski definition) is 1. The Balaban J connectivity index is 1.79. The van der Waals surface area contributed by atoms with Gasteiger partial charge in [-0.25, -0.2) is 8.42 Å². The highest BCUT2D eigenvalue weighted by atomic mass is 32.2. The molecule has 0 atom stereocenters. The largest absolute Gasteiger partial charge is 0.491 e. The van der Waals surface area contributed by atoms with Gasteiger partial charge in [-0.05, 0) is 69.0 Å². The first-order valence-electron chi connectivity index (χ1n) is 10.1. The highest BCUT2D eigenvalue weighted by Crippen LogP contribution is 2.22. The van der Waals surface area contributed by atoms with Crippen molar-refractivity contribution in [3.63, 3.8) is 0 Å². The van der Waals surface area contributed by atoms with Gasteiger partial charge in [0.05, 0.1) is 18.5 Å². The fourth-order valence-corrected chi connectivity index (χ4v) is 4.11. The van der Waals surface area contributed by atoms with E-state index in [1.807, 2.05) is 52.0 Å². The summed E-state index contributed by atoms with van der Waals surface area (Å²) < 4.78 is 31.5. The Morgan fingerprint density at radius 2 is 1.73 bits per heavy atom. The van der Waals surface area contributed by atoms with Gasteiger partial charge in [0.1, 0.15) is 12.4 Å². The molecule has 0 radical (unpaired) electrons. The molecule has 2 aromatic carbocycles. The number of amides is 1. The maximum atomic E-state index is 12.2. The number of sulfonamides is 1. The van der Waals surface area contributed by atoms with E-state index in [-0.39, 0.29) is 18.9 Å². The van der Waals surface area contributed by atoms with Crippen molar-refractivity contribution in [2.24, 2.45) is 0 Å². The van der Waals surface area contributed by atoms with E-state index < -0.39 is 10.0 Å². The summed E-state index contributed by atoms with van der Waals surface area (Å²) in [4.78, 5) is 12.1. The Morgan fingerprint density at radius 3 is 2.37 bits per heavy atom. The normalized spacial score (nSPS) is 11.2. The molecule has 0 unspecified atom stereocenters. The van der Waals surface area contributed by atoms with Crippen LogP contribution in [0.2, 0.25) is 0 Å². The number of carbonyl (C=O) groups excluding carboxylic acids is 1. The summed E-state index contributed by atoms with van der Waals surface area (Å²) in [6.45, 7) is 9.00. The number of aryl methyl sites for hydroxylation is 4. The molecule has 0 spiro atoms. The molecule has 1 amide bonds. The van der Waals surface area contributed by atoms with Gasteiger partial charge in [-0.3, -0.25) is 9.10 Å². The van der Waals surface area contributed by atoms with Crippen molar-refractivity contribution in [1.82, 2.24) is 5.32 Å². The predicted octanol–water partition coefficient (Wildman–Crippen LogP) is 3.66. The molecule has 0 saturated heterocycles. The Hall–Kier alpha value is -2.54. The SMILES string of the molecule is Cc1ccc(OCCNC(=O)CCCN(c2ccc(C)c(C)c2)S(C)(=O)=O)c(C)c1. The number of anilines is 1.